The van der Waals surface area contributed by atoms with Gasteiger partial charge in [0.1, 0.15) is 0 Å². The van der Waals surface area contributed by atoms with E-state index in [1.165, 1.54) is 31.3 Å². The zero-order valence-electron chi connectivity index (χ0n) is 8.08. The molecule has 0 aliphatic heterocycles. The minimum absolute atomic E-state index is 0.352. The van der Waals surface area contributed by atoms with E-state index >= 15 is 0 Å². The van der Waals surface area contributed by atoms with E-state index in [-0.39, 0.29) is 0 Å². The SMILES string of the molecule is Nc1nc(NCC2=CCCCC2)n[nH]1. The molecule has 1 aromatic heterocycles. The van der Waals surface area contributed by atoms with Crippen LogP contribution in [-0.4, -0.2) is 21.7 Å². The van der Waals surface area contributed by atoms with E-state index in [4.69, 9.17) is 5.73 Å². The number of hydrogen-bond donors (Lipinski definition) is 3. The molecule has 0 amide bonds. The van der Waals surface area contributed by atoms with Gasteiger partial charge in [0.15, 0.2) is 0 Å². The second kappa shape index (κ2) is 4.13. The molecule has 0 bridgehead atoms. The van der Waals surface area contributed by atoms with E-state index in [9.17, 15) is 0 Å². The maximum Gasteiger partial charge on any atom is 0.243 e. The van der Waals surface area contributed by atoms with Crippen LogP contribution in [0, 0.1) is 0 Å². The number of hydrogen-bond acceptors (Lipinski definition) is 4. The monoisotopic (exact) mass is 193 g/mol. The number of nitrogens with zero attached hydrogens (tertiary/aromatic N) is 2. The van der Waals surface area contributed by atoms with Gasteiger partial charge in [-0.25, -0.2) is 5.10 Å². The van der Waals surface area contributed by atoms with E-state index in [0.717, 1.165) is 6.54 Å². The van der Waals surface area contributed by atoms with Crippen molar-refractivity contribution in [2.75, 3.05) is 17.6 Å². The minimum Gasteiger partial charge on any atom is -0.368 e. The molecule has 0 atom stereocenters. The molecule has 0 radical (unpaired) electrons. The summed E-state index contributed by atoms with van der Waals surface area (Å²) in [4.78, 5) is 3.97. The molecule has 5 nitrogen and oxygen atoms in total. The molecular weight excluding hydrogens is 178 g/mol. The molecule has 1 aromatic rings. The highest BCUT2D eigenvalue weighted by Gasteiger charge is 2.04. The second-order valence-electron chi connectivity index (χ2n) is 3.51. The van der Waals surface area contributed by atoms with E-state index in [2.05, 4.69) is 26.6 Å². The standard InChI is InChI=1S/C9H15N5/c10-8-12-9(14-13-8)11-6-7-4-2-1-3-5-7/h4H,1-3,5-6H2,(H4,10,11,12,13,14). The van der Waals surface area contributed by atoms with Crippen LogP contribution in [0.2, 0.25) is 0 Å². The molecule has 1 heterocycles. The second-order valence-corrected chi connectivity index (χ2v) is 3.51. The fourth-order valence-corrected chi connectivity index (χ4v) is 1.61. The number of nitrogens with one attached hydrogen (secondary N) is 2. The molecule has 2 rings (SSSR count). The Hall–Kier alpha value is -1.52. The molecule has 5 heteroatoms. The Morgan fingerprint density at radius 3 is 3.07 bits per heavy atom. The highest BCUT2D eigenvalue weighted by Crippen LogP contribution is 2.17. The lowest BCUT2D eigenvalue weighted by molar-refractivity contribution is 0.694. The highest BCUT2D eigenvalue weighted by molar-refractivity contribution is 5.31. The number of nitrogens with two attached hydrogens (primary N) is 1. The third-order valence-electron chi connectivity index (χ3n) is 2.36. The average molecular weight is 193 g/mol. The smallest absolute Gasteiger partial charge is 0.243 e. The van der Waals surface area contributed by atoms with E-state index < -0.39 is 0 Å². The number of aromatic nitrogens is 3. The largest absolute Gasteiger partial charge is 0.368 e. The average Bonchev–Trinajstić information content (AvgIpc) is 2.63. The van der Waals surface area contributed by atoms with Crippen molar-refractivity contribution >= 4 is 11.9 Å². The number of H-pyrrole nitrogens is 1. The maximum atomic E-state index is 5.40. The van der Waals surface area contributed by atoms with Crippen LogP contribution in [0.4, 0.5) is 11.9 Å². The zero-order chi connectivity index (χ0) is 9.80. The molecule has 0 spiro atoms. The first-order chi connectivity index (χ1) is 6.84. The fraction of sp³-hybridized carbons (Fsp3) is 0.556. The van der Waals surface area contributed by atoms with Crippen molar-refractivity contribution in [2.45, 2.75) is 25.7 Å². The van der Waals surface area contributed by atoms with Gasteiger partial charge in [-0.1, -0.05) is 11.6 Å². The van der Waals surface area contributed by atoms with Gasteiger partial charge in [-0.05, 0) is 25.7 Å². The number of anilines is 2. The van der Waals surface area contributed by atoms with Gasteiger partial charge in [-0.15, -0.1) is 5.10 Å². The predicted octanol–water partition coefficient (Wildman–Crippen LogP) is 1.30. The van der Waals surface area contributed by atoms with Crippen LogP contribution in [0.3, 0.4) is 0 Å². The Morgan fingerprint density at radius 2 is 2.43 bits per heavy atom. The van der Waals surface area contributed by atoms with Crippen LogP contribution in [0.1, 0.15) is 25.7 Å². The van der Waals surface area contributed by atoms with Crippen LogP contribution in [0.15, 0.2) is 11.6 Å². The molecule has 0 saturated carbocycles. The van der Waals surface area contributed by atoms with Gasteiger partial charge in [0.25, 0.3) is 0 Å². The van der Waals surface area contributed by atoms with Crippen molar-refractivity contribution in [2.24, 2.45) is 0 Å². The summed E-state index contributed by atoms with van der Waals surface area (Å²) in [5.74, 6) is 0.930. The zero-order valence-corrected chi connectivity index (χ0v) is 8.08. The van der Waals surface area contributed by atoms with Crippen molar-refractivity contribution in [1.82, 2.24) is 15.2 Å². The van der Waals surface area contributed by atoms with Gasteiger partial charge in [-0.3, -0.25) is 0 Å². The van der Waals surface area contributed by atoms with Crippen LogP contribution in [0.5, 0.6) is 0 Å². The lowest BCUT2D eigenvalue weighted by atomic mass is 10.00. The Morgan fingerprint density at radius 1 is 1.50 bits per heavy atom. The summed E-state index contributed by atoms with van der Waals surface area (Å²) in [5, 5.41) is 9.63. The van der Waals surface area contributed by atoms with Crippen molar-refractivity contribution < 1.29 is 0 Å². The molecule has 1 aliphatic carbocycles. The van der Waals surface area contributed by atoms with Crippen molar-refractivity contribution in [3.8, 4) is 0 Å². The lowest BCUT2D eigenvalue weighted by Gasteiger charge is -2.12. The van der Waals surface area contributed by atoms with E-state index in [0.29, 0.717) is 11.9 Å². The van der Waals surface area contributed by atoms with E-state index in [1.54, 1.807) is 0 Å². The molecule has 0 aromatic carbocycles. The molecule has 0 fully saturated rings. The molecular formula is C9H15N5. The summed E-state index contributed by atoms with van der Waals surface area (Å²) in [6, 6.07) is 0. The van der Waals surface area contributed by atoms with E-state index in [1.807, 2.05) is 0 Å². The number of nitrogen functional groups attached to an aromatic ring is 1. The van der Waals surface area contributed by atoms with Crippen molar-refractivity contribution in [3.63, 3.8) is 0 Å². The Kier molecular flexibility index (Phi) is 2.67. The van der Waals surface area contributed by atoms with Crippen LogP contribution < -0.4 is 11.1 Å². The van der Waals surface area contributed by atoms with Crippen LogP contribution >= 0.6 is 0 Å². The summed E-state index contributed by atoms with van der Waals surface area (Å²) in [6.07, 6.45) is 7.30. The predicted molar refractivity (Wildman–Crippen MR) is 55.8 cm³/mol. The van der Waals surface area contributed by atoms with Gasteiger partial charge < -0.3 is 11.1 Å². The molecule has 4 N–H and O–H groups in total. The number of allylic oxidation sites excluding steroid dienone is 1. The first kappa shape index (κ1) is 9.05. The quantitative estimate of drug-likeness (QED) is 0.632. The lowest BCUT2D eigenvalue weighted by Crippen LogP contribution is -2.08. The molecule has 1 aliphatic rings. The first-order valence-electron chi connectivity index (χ1n) is 4.94. The maximum absolute atomic E-state index is 5.40. The third kappa shape index (κ3) is 2.25. The minimum atomic E-state index is 0.352. The van der Waals surface area contributed by atoms with Gasteiger partial charge in [0.05, 0.1) is 0 Å². The summed E-state index contributed by atoms with van der Waals surface area (Å²) in [5.41, 5.74) is 6.85. The van der Waals surface area contributed by atoms with Gasteiger partial charge in [0, 0.05) is 6.54 Å². The Labute approximate surface area is 82.8 Å². The Balaban J connectivity index is 1.84. The topological polar surface area (TPSA) is 79.6 Å². The molecule has 0 saturated heterocycles. The van der Waals surface area contributed by atoms with Gasteiger partial charge in [0.2, 0.25) is 11.9 Å². The summed E-state index contributed by atoms with van der Waals surface area (Å²) >= 11 is 0. The third-order valence-corrected chi connectivity index (χ3v) is 2.36. The number of aromatic amines is 1. The first-order valence-corrected chi connectivity index (χ1v) is 4.94. The highest BCUT2D eigenvalue weighted by atomic mass is 15.3. The van der Waals surface area contributed by atoms with Crippen LogP contribution in [0.25, 0.3) is 0 Å². The fourth-order valence-electron chi connectivity index (χ4n) is 1.61. The van der Waals surface area contributed by atoms with Crippen molar-refractivity contribution in [1.29, 1.82) is 0 Å². The van der Waals surface area contributed by atoms with Gasteiger partial charge in [-0.2, -0.15) is 4.98 Å². The molecule has 14 heavy (non-hydrogen) atoms. The summed E-state index contributed by atoms with van der Waals surface area (Å²) in [6.45, 7) is 0.831. The van der Waals surface area contributed by atoms with Gasteiger partial charge >= 0.3 is 0 Å². The normalized spacial score (nSPS) is 16.4. The molecule has 0 unspecified atom stereocenters. The molecule has 76 valence electrons. The van der Waals surface area contributed by atoms with Crippen molar-refractivity contribution in [3.05, 3.63) is 11.6 Å². The van der Waals surface area contributed by atoms with Crippen LogP contribution in [-0.2, 0) is 0 Å². The summed E-state index contributed by atoms with van der Waals surface area (Å²) in [7, 11) is 0. The number of rotatable bonds is 3. The summed E-state index contributed by atoms with van der Waals surface area (Å²) < 4.78 is 0. The Bertz CT molecular complexity index is 328.